The fourth-order valence-corrected chi connectivity index (χ4v) is 3.60. The zero-order valence-corrected chi connectivity index (χ0v) is 14.6. The van der Waals surface area contributed by atoms with Crippen LogP contribution in [-0.2, 0) is 4.79 Å². The summed E-state index contributed by atoms with van der Waals surface area (Å²) in [6.45, 7) is 0. The van der Waals surface area contributed by atoms with E-state index in [9.17, 15) is 9.59 Å². The zero-order chi connectivity index (χ0) is 16.6. The van der Waals surface area contributed by atoms with Crippen molar-refractivity contribution in [3.8, 4) is 0 Å². The van der Waals surface area contributed by atoms with E-state index in [0.717, 1.165) is 11.8 Å². The molecular weight excluding hydrogens is 402 g/mol. The van der Waals surface area contributed by atoms with Crippen molar-refractivity contribution in [2.45, 2.75) is 0 Å². The van der Waals surface area contributed by atoms with Crippen LogP contribution in [-0.4, -0.2) is 21.3 Å². The number of thiocarbonyl (C=S) groups is 1. The quantitative estimate of drug-likeness (QED) is 0.606. The summed E-state index contributed by atoms with van der Waals surface area (Å²) >= 11 is 9.59. The van der Waals surface area contributed by atoms with Crippen molar-refractivity contribution in [1.82, 2.24) is 0 Å². The molecule has 0 aliphatic carbocycles. The van der Waals surface area contributed by atoms with Gasteiger partial charge < -0.3 is 9.52 Å². The number of nitrogens with zero attached hydrogens (tertiary/aromatic N) is 1. The Labute approximate surface area is 149 Å². The number of thioether (sulfide) groups is 1. The normalized spacial score (nSPS) is 16.4. The molecule has 23 heavy (non-hydrogen) atoms. The van der Waals surface area contributed by atoms with Crippen LogP contribution in [0, 0.1) is 0 Å². The molecule has 0 bridgehead atoms. The highest BCUT2D eigenvalue weighted by Gasteiger charge is 2.33. The smallest absolute Gasteiger partial charge is 0.335 e. The average molecular weight is 410 g/mol. The first-order chi connectivity index (χ1) is 11.0. The van der Waals surface area contributed by atoms with E-state index in [4.69, 9.17) is 21.7 Å². The van der Waals surface area contributed by atoms with Crippen LogP contribution >= 0.6 is 39.9 Å². The third kappa shape index (κ3) is 3.24. The zero-order valence-electron chi connectivity index (χ0n) is 11.4. The Hall–Kier alpha value is -1.90. The van der Waals surface area contributed by atoms with Gasteiger partial charge in [0.15, 0.2) is 8.99 Å². The molecule has 3 rings (SSSR count). The molecule has 1 aliphatic rings. The lowest BCUT2D eigenvalue weighted by atomic mass is 10.2. The molecule has 1 aliphatic heterocycles. The number of halogens is 1. The summed E-state index contributed by atoms with van der Waals surface area (Å²) in [6, 6.07) is 9.54. The number of anilines is 1. The number of benzene rings is 1. The van der Waals surface area contributed by atoms with Crippen molar-refractivity contribution in [2.75, 3.05) is 4.90 Å². The van der Waals surface area contributed by atoms with Crippen molar-refractivity contribution >= 4 is 67.9 Å². The van der Waals surface area contributed by atoms with Gasteiger partial charge in [-0.15, -0.1) is 0 Å². The number of carboxylic acid groups (broad SMARTS) is 1. The van der Waals surface area contributed by atoms with Crippen LogP contribution in [0.4, 0.5) is 5.69 Å². The monoisotopic (exact) mass is 409 g/mol. The highest BCUT2D eigenvalue weighted by atomic mass is 79.9. The molecule has 1 amide bonds. The minimum atomic E-state index is -1.06. The Balaban J connectivity index is 1.94. The van der Waals surface area contributed by atoms with Gasteiger partial charge in [0.1, 0.15) is 5.76 Å². The van der Waals surface area contributed by atoms with E-state index in [2.05, 4.69) is 15.9 Å². The van der Waals surface area contributed by atoms with E-state index in [0.29, 0.717) is 25.3 Å². The lowest BCUT2D eigenvalue weighted by Crippen LogP contribution is -2.27. The molecular formula is C15H8BrNO4S2. The van der Waals surface area contributed by atoms with Crippen molar-refractivity contribution in [1.29, 1.82) is 0 Å². The number of carboxylic acids is 1. The summed E-state index contributed by atoms with van der Waals surface area (Å²) in [5, 5.41) is 9.06. The summed E-state index contributed by atoms with van der Waals surface area (Å²) in [4.78, 5) is 25.4. The van der Waals surface area contributed by atoms with Gasteiger partial charge in [0, 0.05) is 6.08 Å². The molecule has 8 heteroatoms. The number of furan rings is 1. The molecule has 1 fully saturated rings. The Kier molecular flexibility index (Phi) is 4.38. The van der Waals surface area contributed by atoms with Gasteiger partial charge in [-0.2, -0.15) is 0 Å². The number of carbonyl (C=O) groups is 2. The van der Waals surface area contributed by atoms with Crippen LogP contribution in [0.15, 0.2) is 50.4 Å². The average Bonchev–Trinajstić information content (AvgIpc) is 3.03. The maximum Gasteiger partial charge on any atom is 0.335 e. The van der Waals surface area contributed by atoms with E-state index in [-0.39, 0.29) is 11.5 Å². The third-order valence-electron chi connectivity index (χ3n) is 3.01. The highest BCUT2D eigenvalue weighted by Crippen LogP contribution is 2.36. The standard InChI is InChI=1S/C15H8BrNO4S2/c16-12-5-4-10(21-12)7-11-13(18)17(15(22)23-11)9-3-1-2-8(6-9)14(19)20/h1-7H,(H,19,20)/b11-7+. The molecule has 2 heterocycles. The van der Waals surface area contributed by atoms with Gasteiger partial charge in [-0.3, -0.25) is 9.69 Å². The second kappa shape index (κ2) is 6.31. The van der Waals surface area contributed by atoms with Crippen LogP contribution in [0.1, 0.15) is 16.1 Å². The number of hydrogen-bond acceptors (Lipinski definition) is 5. The van der Waals surface area contributed by atoms with Gasteiger partial charge in [0.05, 0.1) is 16.2 Å². The van der Waals surface area contributed by atoms with Crippen LogP contribution < -0.4 is 4.90 Å². The van der Waals surface area contributed by atoms with Gasteiger partial charge >= 0.3 is 5.97 Å². The number of amides is 1. The molecule has 0 atom stereocenters. The number of carbonyl (C=O) groups excluding carboxylic acids is 1. The fourth-order valence-electron chi connectivity index (χ4n) is 2.00. The molecule has 0 saturated carbocycles. The van der Waals surface area contributed by atoms with Crippen molar-refractivity contribution in [2.24, 2.45) is 0 Å². The van der Waals surface area contributed by atoms with Gasteiger partial charge in [-0.25, -0.2) is 4.79 Å². The maximum atomic E-state index is 12.6. The van der Waals surface area contributed by atoms with Crippen molar-refractivity contribution in [3.63, 3.8) is 0 Å². The van der Waals surface area contributed by atoms with Crippen LogP contribution in [0.2, 0.25) is 0 Å². The molecule has 5 nitrogen and oxygen atoms in total. The Morgan fingerprint density at radius 3 is 2.78 bits per heavy atom. The summed E-state index contributed by atoms with van der Waals surface area (Å²) in [5.74, 6) is -0.847. The highest BCUT2D eigenvalue weighted by molar-refractivity contribution is 9.10. The lowest BCUT2D eigenvalue weighted by Gasteiger charge is -2.14. The van der Waals surface area contributed by atoms with E-state index < -0.39 is 5.97 Å². The largest absolute Gasteiger partial charge is 0.478 e. The first-order valence-corrected chi connectivity index (χ1v) is 8.34. The summed E-state index contributed by atoms with van der Waals surface area (Å²) in [5.41, 5.74) is 0.520. The molecule has 116 valence electrons. The van der Waals surface area contributed by atoms with Gasteiger partial charge in [-0.1, -0.05) is 30.0 Å². The molecule has 1 aromatic heterocycles. The molecule has 0 unspecified atom stereocenters. The number of aromatic carboxylic acids is 1. The van der Waals surface area contributed by atoms with Gasteiger partial charge in [-0.05, 0) is 46.3 Å². The van der Waals surface area contributed by atoms with Gasteiger partial charge in [0.2, 0.25) is 0 Å². The maximum absolute atomic E-state index is 12.6. The molecule has 0 spiro atoms. The van der Waals surface area contributed by atoms with E-state index >= 15 is 0 Å². The van der Waals surface area contributed by atoms with E-state index in [1.165, 1.54) is 17.0 Å². The first kappa shape index (κ1) is 16.0. The second-order valence-corrected chi connectivity index (χ2v) is 6.97. The topological polar surface area (TPSA) is 70.8 Å². The lowest BCUT2D eigenvalue weighted by molar-refractivity contribution is -0.113. The van der Waals surface area contributed by atoms with Crippen molar-refractivity contribution < 1.29 is 19.1 Å². The predicted octanol–water partition coefficient (Wildman–Crippen LogP) is 4.15. The van der Waals surface area contributed by atoms with Crippen LogP contribution in [0.25, 0.3) is 6.08 Å². The van der Waals surface area contributed by atoms with Crippen LogP contribution in [0.3, 0.4) is 0 Å². The van der Waals surface area contributed by atoms with E-state index in [1.807, 2.05) is 0 Å². The van der Waals surface area contributed by atoms with Crippen molar-refractivity contribution in [3.05, 3.63) is 57.3 Å². The Morgan fingerprint density at radius 2 is 2.13 bits per heavy atom. The fraction of sp³-hybridized carbons (Fsp3) is 0. The first-order valence-electron chi connectivity index (χ1n) is 6.32. The predicted molar refractivity (Wildman–Crippen MR) is 95.5 cm³/mol. The molecule has 2 aromatic rings. The number of rotatable bonds is 3. The second-order valence-electron chi connectivity index (χ2n) is 4.51. The van der Waals surface area contributed by atoms with Crippen LogP contribution in [0.5, 0.6) is 0 Å². The summed E-state index contributed by atoms with van der Waals surface area (Å²) in [7, 11) is 0. The number of hydrogen-bond donors (Lipinski definition) is 1. The Bertz CT molecular complexity index is 859. The molecule has 1 aromatic carbocycles. The SMILES string of the molecule is O=C(O)c1cccc(N2C(=O)/C(=C\c3ccc(Br)o3)SC2=S)c1. The summed E-state index contributed by atoms with van der Waals surface area (Å²) < 4.78 is 6.26. The molecule has 1 saturated heterocycles. The van der Waals surface area contributed by atoms with E-state index in [1.54, 1.807) is 30.3 Å². The molecule has 0 radical (unpaired) electrons. The van der Waals surface area contributed by atoms with Gasteiger partial charge in [0.25, 0.3) is 5.91 Å². The minimum Gasteiger partial charge on any atom is -0.478 e. The third-order valence-corrected chi connectivity index (χ3v) is 4.74. The molecule has 1 N–H and O–H groups in total. The Morgan fingerprint density at radius 1 is 1.35 bits per heavy atom. The minimum absolute atomic E-state index is 0.0931. The summed E-state index contributed by atoms with van der Waals surface area (Å²) in [6.07, 6.45) is 1.60.